The predicted octanol–water partition coefficient (Wildman–Crippen LogP) is 3.60. The first-order valence-electron chi connectivity index (χ1n) is 5.79. The molecule has 0 aliphatic carbocycles. The lowest BCUT2D eigenvalue weighted by Gasteiger charge is -2.04. The van der Waals surface area contributed by atoms with E-state index < -0.39 is 0 Å². The molecule has 0 aliphatic rings. The summed E-state index contributed by atoms with van der Waals surface area (Å²) < 4.78 is 13.5. The lowest BCUT2D eigenvalue weighted by atomic mass is 10.2. The summed E-state index contributed by atoms with van der Waals surface area (Å²) >= 11 is 0. The van der Waals surface area contributed by atoms with Crippen LogP contribution in [0.4, 0.5) is 10.1 Å². The second-order valence-electron chi connectivity index (χ2n) is 4.00. The molecule has 0 bridgehead atoms. The summed E-state index contributed by atoms with van der Waals surface area (Å²) in [6.45, 7) is 2.29. The largest absolute Gasteiger partial charge is 0.372 e. The fourth-order valence-electron chi connectivity index (χ4n) is 1.57. The van der Waals surface area contributed by atoms with Crippen molar-refractivity contribution in [3.8, 4) is 11.8 Å². The standard InChI is InChI=1S/C16H14FN/c1-13-9-10-16(15(17)12-13)18-11-5-8-14-6-3-2-4-7-14/h2-4,6-7,9-10,12,18H,11H2,1H3. The number of halogens is 1. The first-order valence-corrected chi connectivity index (χ1v) is 5.79. The molecular weight excluding hydrogens is 225 g/mol. The van der Waals surface area contributed by atoms with Gasteiger partial charge in [0.2, 0.25) is 0 Å². The topological polar surface area (TPSA) is 12.0 Å². The van der Waals surface area contributed by atoms with Gasteiger partial charge >= 0.3 is 0 Å². The minimum absolute atomic E-state index is 0.239. The minimum atomic E-state index is -0.239. The maximum atomic E-state index is 13.5. The number of nitrogens with one attached hydrogen (secondary N) is 1. The zero-order valence-electron chi connectivity index (χ0n) is 10.2. The molecular formula is C16H14FN. The Hall–Kier alpha value is -2.27. The van der Waals surface area contributed by atoms with Gasteiger partial charge in [0.25, 0.3) is 0 Å². The monoisotopic (exact) mass is 239 g/mol. The SMILES string of the molecule is Cc1ccc(NCC#Cc2ccccc2)c(F)c1. The Bertz CT molecular complexity index is 579. The van der Waals surface area contributed by atoms with E-state index in [0.29, 0.717) is 12.2 Å². The Morgan fingerprint density at radius 1 is 1.11 bits per heavy atom. The van der Waals surface area contributed by atoms with Crippen LogP contribution in [0.15, 0.2) is 48.5 Å². The average Bonchev–Trinajstić information content (AvgIpc) is 2.38. The summed E-state index contributed by atoms with van der Waals surface area (Å²) in [6.07, 6.45) is 0. The fourth-order valence-corrected chi connectivity index (χ4v) is 1.57. The lowest BCUT2D eigenvalue weighted by molar-refractivity contribution is 0.630. The second-order valence-corrected chi connectivity index (χ2v) is 4.00. The summed E-state index contributed by atoms with van der Waals surface area (Å²) in [6, 6.07) is 14.8. The maximum absolute atomic E-state index is 13.5. The quantitative estimate of drug-likeness (QED) is 0.790. The molecule has 2 heteroatoms. The summed E-state index contributed by atoms with van der Waals surface area (Å²) in [5.41, 5.74) is 2.36. The average molecular weight is 239 g/mol. The van der Waals surface area contributed by atoms with Crippen LogP contribution in [0.25, 0.3) is 0 Å². The van der Waals surface area contributed by atoms with E-state index in [9.17, 15) is 4.39 Å². The third-order valence-electron chi connectivity index (χ3n) is 2.50. The summed E-state index contributed by atoms with van der Waals surface area (Å²) in [5, 5.41) is 2.96. The van der Waals surface area contributed by atoms with Crippen LogP contribution in [-0.4, -0.2) is 6.54 Å². The van der Waals surface area contributed by atoms with Crippen molar-refractivity contribution in [1.29, 1.82) is 0 Å². The van der Waals surface area contributed by atoms with Gasteiger partial charge in [0.05, 0.1) is 12.2 Å². The summed E-state index contributed by atoms with van der Waals surface area (Å²) in [5.74, 6) is 5.74. The highest BCUT2D eigenvalue weighted by atomic mass is 19.1. The van der Waals surface area contributed by atoms with Crippen molar-refractivity contribution in [3.63, 3.8) is 0 Å². The van der Waals surface area contributed by atoms with Crippen LogP contribution in [0, 0.1) is 24.6 Å². The highest BCUT2D eigenvalue weighted by Gasteiger charge is 1.99. The molecule has 2 aromatic carbocycles. The van der Waals surface area contributed by atoms with Gasteiger partial charge in [-0.3, -0.25) is 0 Å². The van der Waals surface area contributed by atoms with E-state index in [1.807, 2.05) is 43.3 Å². The third kappa shape index (κ3) is 3.36. The number of hydrogen-bond acceptors (Lipinski definition) is 1. The van der Waals surface area contributed by atoms with E-state index in [0.717, 1.165) is 11.1 Å². The van der Waals surface area contributed by atoms with E-state index >= 15 is 0 Å². The highest BCUT2D eigenvalue weighted by molar-refractivity contribution is 5.47. The van der Waals surface area contributed by atoms with Gasteiger partial charge in [-0.05, 0) is 36.8 Å². The molecule has 0 aromatic heterocycles. The van der Waals surface area contributed by atoms with Crippen LogP contribution in [0.3, 0.4) is 0 Å². The first-order chi connectivity index (χ1) is 8.75. The smallest absolute Gasteiger partial charge is 0.146 e. The Labute approximate surface area is 107 Å². The van der Waals surface area contributed by atoms with Crippen molar-refractivity contribution < 1.29 is 4.39 Å². The Kier molecular flexibility index (Phi) is 3.98. The van der Waals surface area contributed by atoms with Crippen LogP contribution in [0.1, 0.15) is 11.1 Å². The van der Waals surface area contributed by atoms with Crippen LogP contribution < -0.4 is 5.32 Å². The minimum Gasteiger partial charge on any atom is -0.372 e. The van der Waals surface area contributed by atoms with E-state index in [1.165, 1.54) is 6.07 Å². The van der Waals surface area contributed by atoms with Crippen molar-refractivity contribution in [1.82, 2.24) is 0 Å². The van der Waals surface area contributed by atoms with Crippen LogP contribution >= 0.6 is 0 Å². The third-order valence-corrected chi connectivity index (χ3v) is 2.50. The van der Waals surface area contributed by atoms with E-state index in [4.69, 9.17) is 0 Å². The van der Waals surface area contributed by atoms with Gasteiger partial charge in [-0.25, -0.2) is 4.39 Å². The number of benzene rings is 2. The summed E-state index contributed by atoms with van der Waals surface area (Å²) in [4.78, 5) is 0. The van der Waals surface area contributed by atoms with Crippen molar-refractivity contribution in [2.75, 3.05) is 11.9 Å². The van der Waals surface area contributed by atoms with Crippen molar-refractivity contribution in [3.05, 3.63) is 65.5 Å². The van der Waals surface area contributed by atoms with Crippen molar-refractivity contribution in [2.24, 2.45) is 0 Å². The molecule has 2 aromatic rings. The van der Waals surface area contributed by atoms with Gasteiger partial charge < -0.3 is 5.32 Å². The van der Waals surface area contributed by atoms with Gasteiger partial charge in [-0.2, -0.15) is 0 Å². The molecule has 0 unspecified atom stereocenters. The van der Waals surface area contributed by atoms with E-state index in [-0.39, 0.29) is 5.82 Å². The Morgan fingerprint density at radius 2 is 1.89 bits per heavy atom. The maximum Gasteiger partial charge on any atom is 0.146 e. The molecule has 0 spiro atoms. The normalized spacial score (nSPS) is 9.44. The van der Waals surface area contributed by atoms with Gasteiger partial charge in [-0.15, -0.1) is 0 Å². The van der Waals surface area contributed by atoms with Crippen molar-refractivity contribution in [2.45, 2.75) is 6.92 Å². The van der Waals surface area contributed by atoms with E-state index in [1.54, 1.807) is 6.07 Å². The second kappa shape index (κ2) is 5.88. The molecule has 0 fully saturated rings. The zero-order valence-corrected chi connectivity index (χ0v) is 10.2. The molecule has 0 heterocycles. The van der Waals surface area contributed by atoms with Gasteiger partial charge in [0.15, 0.2) is 0 Å². The zero-order chi connectivity index (χ0) is 12.8. The molecule has 0 saturated carbocycles. The van der Waals surface area contributed by atoms with Gasteiger partial charge in [0, 0.05) is 5.56 Å². The number of rotatable bonds is 2. The Balaban J connectivity index is 1.95. The molecule has 2 rings (SSSR count). The van der Waals surface area contributed by atoms with E-state index in [2.05, 4.69) is 17.2 Å². The molecule has 0 radical (unpaired) electrons. The van der Waals surface area contributed by atoms with Crippen LogP contribution in [-0.2, 0) is 0 Å². The van der Waals surface area contributed by atoms with Gasteiger partial charge in [-0.1, -0.05) is 36.1 Å². The van der Waals surface area contributed by atoms with Gasteiger partial charge in [0.1, 0.15) is 5.82 Å². The summed E-state index contributed by atoms with van der Waals surface area (Å²) in [7, 11) is 0. The number of anilines is 1. The fraction of sp³-hybridized carbons (Fsp3) is 0.125. The molecule has 90 valence electrons. The lowest BCUT2D eigenvalue weighted by Crippen LogP contribution is -2.01. The predicted molar refractivity (Wildman–Crippen MR) is 72.9 cm³/mol. The molecule has 0 atom stereocenters. The highest BCUT2D eigenvalue weighted by Crippen LogP contribution is 2.14. The number of aryl methyl sites for hydroxylation is 1. The van der Waals surface area contributed by atoms with Crippen molar-refractivity contribution >= 4 is 5.69 Å². The molecule has 0 aliphatic heterocycles. The molecule has 1 N–H and O–H groups in total. The molecule has 18 heavy (non-hydrogen) atoms. The molecule has 0 saturated heterocycles. The van der Waals surface area contributed by atoms with Crippen LogP contribution in [0.5, 0.6) is 0 Å². The number of hydrogen-bond donors (Lipinski definition) is 1. The Morgan fingerprint density at radius 3 is 2.61 bits per heavy atom. The first kappa shape index (κ1) is 12.2. The molecule has 0 amide bonds. The van der Waals surface area contributed by atoms with Crippen LogP contribution in [0.2, 0.25) is 0 Å². The molecule has 1 nitrogen and oxygen atoms in total.